The number of hydrogen-bond donors (Lipinski definition) is 1. The Kier molecular flexibility index (Phi) is 4.61. The van der Waals surface area contributed by atoms with Crippen LogP contribution in [0.3, 0.4) is 0 Å². The fourth-order valence-corrected chi connectivity index (χ4v) is 3.05. The van der Waals surface area contributed by atoms with Crippen molar-refractivity contribution in [3.05, 3.63) is 0 Å². The smallest absolute Gasteiger partial charge is 0.225 e. The molecule has 2 rings (SSSR count). The predicted molar refractivity (Wildman–Crippen MR) is 70.0 cm³/mol. The van der Waals surface area contributed by atoms with E-state index in [0.717, 1.165) is 19.3 Å². The minimum absolute atomic E-state index is 0.0588. The van der Waals surface area contributed by atoms with Crippen LogP contribution in [0.2, 0.25) is 0 Å². The summed E-state index contributed by atoms with van der Waals surface area (Å²) in [6.45, 7) is 3.39. The average Bonchev–Trinajstić information content (AvgIpc) is 2.79. The van der Waals surface area contributed by atoms with Crippen molar-refractivity contribution in [2.75, 3.05) is 13.1 Å². The summed E-state index contributed by atoms with van der Waals surface area (Å²) in [6.07, 6.45) is 7.33. The number of nitrogens with zero attached hydrogens (tertiary/aromatic N) is 1. The van der Waals surface area contributed by atoms with E-state index < -0.39 is 0 Å². The number of rotatable bonds is 4. The van der Waals surface area contributed by atoms with Gasteiger partial charge in [-0.15, -0.1) is 0 Å². The SMILES string of the molecule is CCCNC(=O)C1CC(=O)N(C2CCCCC2)C1. The Bertz CT molecular complexity index is 311. The van der Waals surface area contributed by atoms with Crippen LogP contribution in [0.15, 0.2) is 0 Å². The predicted octanol–water partition coefficient (Wildman–Crippen LogP) is 1.69. The maximum atomic E-state index is 12.0. The van der Waals surface area contributed by atoms with Gasteiger partial charge in [0.05, 0.1) is 5.92 Å². The van der Waals surface area contributed by atoms with Crippen molar-refractivity contribution < 1.29 is 9.59 Å². The third kappa shape index (κ3) is 3.03. The molecular weight excluding hydrogens is 228 g/mol. The molecule has 0 radical (unpaired) electrons. The van der Waals surface area contributed by atoms with Gasteiger partial charge in [-0.05, 0) is 19.3 Å². The van der Waals surface area contributed by atoms with Gasteiger partial charge in [-0.3, -0.25) is 9.59 Å². The zero-order valence-electron chi connectivity index (χ0n) is 11.3. The normalized spacial score (nSPS) is 25.5. The molecule has 18 heavy (non-hydrogen) atoms. The lowest BCUT2D eigenvalue weighted by Gasteiger charge is -2.31. The standard InChI is InChI=1S/C14H24N2O2/c1-2-8-15-14(18)11-9-13(17)16(10-11)12-6-4-3-5-7-12/h11-12H,2-10H2,1H3,(H,15,18). The van der Waals surface area contributed by atoms with Crippen LogP contribution in [0.4, 0.5) is 0 Å². The Hall–Kier alpha value is -1.06. The van der Waals surface area contributed by atoms with Gasteiger partial charge in [0.15, 0.2) is 0 Å². The Morgan fingerprint density at radius 2 is 2.06 bits per heavy atom. The molecule has 0 aromatic carbocycles. The lowest BCUT2D eigenvalue weighted by molar-refractivity contribution is -0.130. The van der Waals surface area contributed by atoms with E-state index in [2.05, 4.69) is 5.32 Å². The maximum Gasteiger partial charge on any atom is 0.225 e. The highest BCUT2D eigenvalue weighted by Gasteiger charge is 2.37. The van der Waals surface area contributed by atoms with Gasteiger partial charge < -0.3 is 10.2 Å². The van der Waals surface area contributed by atoms with Crippen LogP contribution in [0.25, 0.3) is 0 Å². The third-order valence-corrected chi connectivity index (χ3v) is 4.09. The quantitative estimate of drug-likeness (QED) is 0.828. The molecule has 102 valence electrons. The summed E-state index contributed by atoms with van der Waals surface area (Å²) < 4.78 is 0. The molecule has 4 nitrogen and oxygen atoms in total. The Morgan fingerprint density at radius 1 is 1.33 bits per heavy atom. The number of likely N-dealkylation sites (tertiary alicyclic amines) is 1. The average molecular weight is 252 g/mol. The lowest BCUT2D eigenvalue weighted by atomic mass is 9.94. The van der Waals surface area contributed by atoms with Crippen LogP contribution in [0, 0.1) is 5.92 Å². The van der Waals surface area contributed by atoms with Gasteiger partial charge in [0.25, 0.3) is 0 Å². The molecule has 1 aliphatic heterocycles. The first-order chi connectivity index (χ1) is 8.72. The van der Waals surface area contributed by atoms with Gasteiger partial charge in [0.2, 0.25) is 11.8 Å². The lowest BCUT2D eigenvalue weighted by Crippen LogP contribution is -2.39. The number of amides is 2. The van der Waals surface area contributed by atoms with Crippen LogP contribution in [0.5, 0.6) is 0 Å². The highest BCUT2D eigenvalue weighted by Crippen LogP contribution is 2.28. The van der Waals surface area contributed by atoms with E-state index in [1.165, 1.54) is 19.3 Å². The topological polar surface area (TPSA) is 49.4 Å². The first kappa shape index (κ1) is 13.4. The molecule has 1 atom stereocenters. The second-order valence-electron chi connectivity index (χ2n) is 5.53. The van der Waals surface area contributed by atoms with E-state index in [4.69, 9.17) is 0 Å². The minimum Gasteiger partial charge on any atom is -0.356 e. The number of carbonyl (C=O) groups is 2. The minimum atomic E-state index is -0.119. The largest absolute Gasteiger partial charge is 0.356 e. The van der Waals surface area contributed by atoms with E-state index in [0.29, 0.717) is 25.6 Å². The molecule has 4 heteroatoms. The monoisotopic (exact) mass is 252 g/mol. The molecule has 0 spiro atoms. The van der Waals surface area contributed by atoms with Crippen molar-refractivity contribution >= 4 is 11.8 Å². The highest BCUT2D eigenvalue weighted by molar-refractivity contribution is 5.89. The van der Waals surface area contributed by atoms with Crippen molar-refractivity contribution in [3.8, 4) is 0 Å². The van der Waals surface area contributed by atoms with Crippen molar-refractivity contribution in [1.29, 1.82) is 0 Å². The van der Waals surface area contributed by atoms with Gasteiger partial charge in [-0.2, -0.15) is 0 Å². The van der Waals surface area contributed by atoms with E-state index in [9.17, 15) is 9.59 Å². The van der Waals surface area contributed by atoms with Crippen molar-refractivity contribution in [2.45, 2.75) is 57.9 Å². The number of carbonyl (C=O) groups excluding carboxylic acids is 2. The van der Waals surface area contributed by atoms with Crippen LogP contribution in [-0.2, 0) is 9.59 Å². The van der Waals surface area contributed by atoms with E-state index >= 15 is 0 Å². The molecular formula is C14H24N2O2. The summed E-state index contributed by atoms with van der Waals surface area (Å²) in [5, 5.41) is 2.90. The van der Waals surface area contributed by atoms with Crippen LogP contribution in [-0.4, -0.2) is 35.8 Å². The first-order valence-electron chi connectivity index (χ1n) is 7.29. The first-order valence-corrected chi connectivity index (χ1v) is 7.29. The van der Waals surface area contributed by atoms with Crippen LogP contribution >= 0.6 is 0 Å². The third-order valence-electron chi connectivity index (χ3n) is 4.09. The van der Waals surface area contributed by atoms with Gasteiger partial charge >= 0.3 is 0 Å². The molecule has 1 saturated heterocycles. The summed E-state index contributed by atoms with van der Waals surface area (Å²) in [7, 11) is 0. The van der Waals surface area contributed by atoms with E-state index in [1.807, 2.05) is 11.8 Å². The summed E-state index contributed by atoms with van der Waals surface area (Å²) in [6, 6.07) is 0.398. The molecule has 0 bridgehead atoms. The summed E-state index contributed by atoms with van der Waals surface area (Å²) >= 11 is 0. The van der Waals surface area contributed by atoms with Gasteiger partial charge in [-0.25, -0.2) is 0 Å². The van der Waals surface area contributed by atoms with Gasteiger partial charge in [0.1, 0.15) is 0 Å². The zero-order valence-corrected chi connectivity index (χ0v) is 11.3. The summed E-state index contributed by atoms with van der Waals surface area (Å²) in [4.78, 5) is 25.9. The second kappa shape index (κ2) is 6.21. The van der Waals surface area contributed by atoms with E-state index in [-0.39, 0.29) is 17.7 Å². The van der Waals surface area contributed by atoms with E-state index in [1.54, 1.807) is 0 Å². The molecule has 2 fully saturated rings. The Labute approximate surface area is 109 Å². The maximum absolute atomic E-state index is 12.0. The van der Waals surface area contributed by atoms with Gasteiger partial charge in [0, 0.05) is 25.6 Å². The van der Waals surface area contributed by atoms with Crippen molar-refractivity contribution in [1.82, 2.24) is 10.2 Å². The molecule has 1 N–H and O–H groups in total. The number of hydrogen-bond acceptors (Lipinski definition) is 2. The highest BCUT2D eigenvalue weighted by atomic mass is 16.2. The van der Waals surface area contributed by atoms with Gasteiger partial charge in [-0.1, -0.05) is 26.2 Å². The molecule has 2 amide bonds. The number of nitrogens with one attached hydrogen (secondary N) is 1. The van der Waals surface area contributed by atoms with Crippen molar-refractivity contribution in [3.63, 3.8) is 0 Å². The molecule has 1 heterocycles. The fourth-order valence-electron chi connectivity index (χ4n) is 3.05. The summed E-state index contributed by atoms with van der Waals surface area (Å²) in [5.74, 6) is 0.119. The molecule has 2 aliphatic rings. The second-order valence-corrected chi connectivity index (χ2v) is 5.53. The zero-order chi connectivity index (χ0) is 13.0. The van der Waals surface area contributed by atoms with Crippen molar-refractivity contribution in [2.24, 2.45) is 5.92 Å². The molecule has 1 saturated carbocycles. The Balaban J connectivity index is 1.87. The Morgan fingerprint density at radius 3 is 2.72 bits per heavy atom. The van der Waals surface area contributed by atoms with Crippen LogP contribution in [0.1, 0.15) is 51.9 Å². The fraction of sp³-hybridized carbons (Fsp3) is 0.857. The molecule has 1 unspecified atom stereocenters. The molecule has 1 aliphatic carbocycles. The van der Waals surface area contributed by atoms with Crippen LogP contribution < -0.4 is 5.32 Å². The molecule has 0 aromatic rings. The molecule has 0 aromatic heterocycles. The summed E-state index contributed by atoms with van der Waals surface area (Å²) in [5.41, 5.74) is 0.